The van der Waals surface area contributed by atoms with Crippen molar-refractivity contribution in [2.75, 3.05) is 0 Å². The lowest BCUT2D eigenvalue weighted by Gasteiger charge is -2.11. The molecule has 0 spiro atoms. The number of hydrogen-bond acceptors (Lipinski definition) is 4. The first-order chi connectivity index (χ1) is 21.8. The summed E-state index contributed by atoms with van der Waals surface area (Å²) >= 11 is 0. The zero-order valence-corrected chi connectivity index (χ0v) is 23.6. The standard InChI is InChI=1S/C39H24N4O/c1-3-13-25(14-4-1)27-19-11-20-30-31-21-12-22-32(36(31)44-35(27)30)38-40-37(26-15-5-2-6-16-26)41-39(42-38)43-33-23-9-7-17-28(33)29-18-8-10-24-34(29)43/h1-24H. The van der Waals surface area contributed by atoms with Crippen LogP contribution in [0.15, 0.2) is 150 Å². The fraction of sp³-hybridized carbons (Fsp3) is 0. The van der Waals surface area contributed by atoms with Crippen molar-refractivity contribution in [2.24, 2.45) is 0 Å². The first kappa shape index (κ1) is 24.5. The lowest BCUT2D eigenvalue weighted by atomic mass is 10.0. The molecule has 0 amide bonds. The summed E-state index contributed by atoms with van der Waals surface area (Å²) in [7, 11) is 0. The van der Waals surface area contributed by atoms with E-state index in [4.69, 9.17) is 19.4 Å². The summed E-state index contributed by atoms with van der Waals surface area (Å²) in [5.41, 5.74) is 7.58. The van der Waals surface area contributed by atoms with Crippen LogP contribution < -0.4 is 0 Å². The van der Waals surface area contributed by atoms with Gasteiger partial charge in [-0.3, -0.25) is 4.57 Å². The highest BCUT2D eigenvalue weighted by molar-refractivity contribution is 6.13. The predicted octanol–water partition coefficient (Wildman–Crippen LogP) is 9.87. The molecule has 0 aliphatic heterocycles. The first-order valence-electron chi connectivity index (χ1n) is 14.6. The number of benzene rings is 6. The number of nitrogens with zero attached hydrogens (tertiary/aromatic N) is 4. The van der Waals surface area contributed by atoms with Crippen LogP contribution in [-0.4, -0.2) is 19.5 Å². The Morgan fingerprint density at radius 2 is 0.886 bits per heavy atom. The van der Waals surface area contributed by atoms with Crippen molar-refractivity contribution in [3.05, 3.63) is 146 Å². The summed E-state index contributed by atoms with van der Waals surface area (Å²) in [6.07, 6.45) is 0. The van der Waals surface area contributed by atoms with Crippen molar-refractivity contribution in [3.63, 3.8) is 0 Å². The Hall–Kier alpha value is -6.07. The normalized spacial score (nSPS) is 11.6. The van der Waals surface area contributed by atoms with Crippen LogP contribution in [0.5, 0.6) is 0 Å². The van der Waals surface area contributed by atoms with Crippen molar-refractivity contribution in [3.8, 4) is 39.9 Å². The second kappa shape index (κ2) is 9.75. The molecule has 6 aromatic carbocycles. The number of rotatable bonds is 4. The fourth-order valence-corrected chi connectivity index (χ4v) is 6.28. The van der Waals surface area contributed by atoms with Crippen molar-refractivity contribution >= 4 is 43.7 Å². The highest BCUT2D eigenvalue weighted by Crippen LogP contribution is 2.40. The maximum Gasteiger partial charge on any atom is 0.238 e. The van der Waals surface area contributed by atoms with E-state index in [-0.39, 0.29) is 0 Å². The van der Waals surface area contributed by atoms with E-state index < -0.39 is 0 Å². The SMILES string of the molecule is c1ccc(-c2nc(-c3cccc4c3oc3c(-c5ccccc5)cccc34)nc(-n3c4ccccc4c4ccccc43)n2)cc1. The van der Waals surface area contributed by atoms with Crippen molar-refractivity contribution in [2.45, 2.75) is 0 Å². The zero-order valence-electron chi connectivity index (χ0n) is 23.6. The average Bonchev–Trinajstić information content (AvgIpc) is 3.65. The molecule has 3 aromatic heterocycles. The molecule has 0 unspecified atom stereocenters. The minimum Gasteiger partial charge on any atom is -0.455 e. The Morgan fingerprint density at radius 1 is 0.386 bits per heavy atom. The molecule has 3 heterocycles. The van der Waals surface area contributed by atoms with Crippen LogP contribution in [-0.2, 0) is 0 Å². The predicted molar refractivity (Wildman–Crippen MR) is 178 cm³/mol. The molecule has 0 atom stereocenters. The van der Waals surface area contributed by atoms with Crippen molar-refractivity contribution in [1.82, 2.24) is 19.5 Å². The van der Waals surface area contributed by atoms with Crippen LogP contribution in [0.1, 0.15) is 0 Å². The second-order valence-corrected chi connectivity index (χ2v) is 10.9. The summed E-state index contributed by atoms with van der Waals surface area (Å²) in [5, 5.41) is 4.39. The summed E-state index contributed by atoms with van der Waals surface area (Å²) in [5.74, 6) is 1.72. The molecule has 0 N–H and O–H groups in total. The molecular weight excluding hydrogens is 540 g/mol. The Balaban J connectivity index is 1.34. The van der Waals surface area contributed by atoms with Crippen molar-refractivity contribution < 1.29 is 4.42 Å². The fourth-order valence-electron chi connectivity index (χ4n) is 6.28. The van der Waals surface area contributed by atoms with Gasteiger partial charge in [-0.25, -0.2) is 4.98 Å². The minimum absolute atomic E-state index is 0.557. The number of furan rings is 1. The van der Waals surface area contributed by atoms with Crippen LogP contribution in [0, 0.1) is 0 Å². The second-order valence-electron chi connectivity index (χ2n) is 10.9. The van der Waals surface area contributed by atoms with E-state index in [1.165, 1.54) is 0 Å². The average molecular weight is 565 g/mol. The smallest absolute Gasteiger partial charge is 0.238 e. The van der Waals surface area contributed by atoms with E-state index in [2.05, 4.69) is 89.5 Å². The lowest BCUT2D eigenvalue weighted by Crippen LogP contribution is -2.06. The molecule has 5 nitrogen and oxygen atoms in total. The Bertz CT molecular complexity index is 2440. The molecule has 5 heteroatoms. The maximum absolute atomic E-state index is 6.73. The van der Waals surface area contributed by atoms with Gasteiger partial charge >= 0.3 is 0 Å². The van der Waals surface area contributed by atoms with Crippen LogP contribution in [0.4, 0.5) is 0 Å². The van der Waals surface area contributed by atoms with Gasteiger partial charge in [-0.15, -0.1) is 0 Å². The third-order valence-electron chi connectivity index (χ3n) is 8.29. The highest BCUT2D eigenvalue weighted by Gasteiger charge is 2.21. The van der Waals surface area contributed by atoms with Gasteiger partial charge in [0.2, 0.25) is 5.95 Å². The molecule has 44 heavy (non-hydrogen) atoms. The number of para-hydroxylation sites is 4. The quantitative estimate of drug-likeness (QED) is 0.213. The Kier molecular flexibility index (Phi) is 5.43. The zero-order chi connectivity index (χ0) is 29.0. The highest BCUT2D eigenvalue weighted by atomic mass is 16.3. The minimum atomic E-state index is 0.557. The van der Waals surface area contributed by atoms with Gasteiger partial charge in [0, 0.05) is 32.7 Å². The van der Waals surface area contributed by atoms with E-state index in [9.17, 15) is 0 Å². The number of fused-ring (bicyclic) bond motifs is 6. The molecule has 0 radical (unpaired) electrons. The topological polar surface area (TPSA) is 56.7 Å². The molecule has 9 aromatic rings. The van der Waals surface area contributed by atoms with Crippen molar-refractivity contribution in [1.29, 1.82) is 0 Å². The first-order valence-corrected chi connectivity index (χ1v) is 14.6. The van der Waals surface area contributed by atoms with Gasteiger partial charge in [-0.2, -0.15) is 9.97 Å². The maximum atomic E-state index is 6.73. The van der Waals surface area contributed by atoms with Crippen LogP contribution in [0.25, 0.3) is 83.6 Å². The molecule has 0 aliphatic carbocycles. The lowest BCUT2D eigenvalue weighted by molar-refractivity contribution is 0.670. The van der Waals surface area contributed by atoms with E-state index in [1.54, 1.807) is 0 Å². The van der Waals surface area contributed by atoms with E-state index in [0.717, 1.165) is 66.0 Å². The van der Waals surface area contributed by atoms with Gasteiger partial charge in [0.05, 0.1) is 16.6 Å². The van der Waals surface area contributed by atoms with E-state index in [1.807, 2.05) is 60.7 Å². The van der Waals surface area contributed by atoms with Gasteiger partial charge in [0.1, 0.15) is 11.2 Å². The van der Waals surface area contributed by atoms with Gasteiger partial charge < -0.3 is 4.42 Å². The van der Waals surface area contributed by atoms with Gasteiger partial charge in [-0.1, -0.05) is 127 Å². The van der Waals surface area contributed by atoms with Gasteiger partial charge in [-0.05, 0) is 23.8 Å². The van der Waals surface area contributed by atoms with Crippen LogP contribution >= 0.6 is 0 Å². The summed E-state index contributed by atoms with van der Waals surface area (Å²) in [6, 6.07) is 49.7. The van der Waals surface area contributed by atoms with E-state index in [0.29, 0.717) is 17.6 Å². The third kappa shape index (κ3) is 3.76. The summed E-state index contributed by atoms with van der Waals surface area (Å²) < 4.78 is 8.87. The summed E-state index contributed by atoms with van der Waals surface area (Å²) in [6.45, 7) is 0. The Labute approximate surface area is 252 Å². The third-order valence-corrected chi connectivity index (χ3v) is 8.29. The number of hydrogen-bond donors (Lipinski definition) is 0. The molecule has 0 saturated carbocycles. The Morgan fingerprint density at radius 3 is 1.55 bits per heavy atom. The molecule has 0 aliphatic rings. The molecule has 0 bridgehead atoms. The van der Waals surface area contributed by atoms with E-state index >= 15 is 0 Å². The van der Waals surface area contributed by atoms with Crippen LogP contribution in [0.3, 0.4) is 0 Å². The summed E-state index contributed by atoms with van der Waals surface area (Å²) in [4.78, 5) is 15.3. The number of aromatic nitrogens is 4. The molecule has 0 fully saturated rings. The van der Waals surface area contributed by atoms with Gasteiger partial charge in [0.15, 0.2) is 11.6 Å². The monoisotopic (exact) mass is 564 g/mol. The van der Waals surface area contributed by atoms with Crippen LogP contribution in [0.2, 0.25) is 0 Å². The molecular formula is C39H24N4O. The molecule has 206 valence electrons. The largest absolute Gasteiger partial charge is 0.455 e. The molecule has 9 rings (SSSR count). The van der Waals surface area contributed by atoms with Gasteiger partial charge in [0.25, 0.3) is 0 Å². The molecule has 0 saturated heterocycles.